The van der Waals surface area contributed by atoms with Crippen LogP contribution in [0.25, 0.3) is 0 Å². The van der Waals surface area contributed by atoms with Crippen molar-refractivity contribution in [3.63, 3.8) is 0 Å². The molecule has 0 aliphatic heterocycles. The molecule has 0 spiro atoms. The van der Waals surface area contributed by atoms with Gasteiger partial charge in [-0.3, -0.25) is 4.79 Å². The Bertz CT molecular complexity index is 605. The molecule has 1 heterocycles. The van der Waals surface area contributed by atoms with Crippen molar-refractivity contribution < 1.29 is 17.9 Å². The van der Waals surface area contributed by atoms with Gasteiger partial charge in [-0.05, 0) is 31.7 Å². The first-order valence-electron chi connectivity index (χ1n) is 6.95. The molecule has 21 heavy (non-hydrogen) atoms. The highest BCUT2D eigenvalue weighted by Gasteiger charge is 2.29. The molecule has 2 rings (SSSR count). The first kappa shape index (κ1) is 16.0. The topological polar surface area (TPSA) is 103 Å². The number of sulfonamides is 1. The lowest BCUT2D eigenvalue weighted by atomic mass is 10.3. The van der Waals surface area contributed by atoms with Gasteiger partial charge in [-0.25, -0.2) is 13.6 Å². The zero-order valence-corrected chi connectivity index (χ0v) is 12.9. The van der Waals surface area contributed by atoms with Gasteiger partial charge in [0.1, 0.15) is 10.6 Å². The number of primary sulfonamides is 1. The second-order valence-corrected chi connectivity index (χ2v) is 6.76. The third kappa shape index (κ3) is 4.29. The molecule has 0 bridgehead atoms. The molecule has 3 N–H and O–H groups in total. The molecule has 0 atom stereocenters. The maximum atomic E-state index is 12.2. The lowest BCUT2D eigenvalue weighted by Crippen LogP contribution is -2.26. The van der Waals surface area contributed by atoms with Gasteiger partial charge in [0.25, 0.3) is 5.91 Å². The normalized spacial score (nSPS) is 15.1. The lowest BCUT2D eigenvalue weighted by Gasteiger charge is -2.08. The first-order chi connectivity index (χ1) is 9.93. The van der Waals surface area contributed by atoms with Crippen LogP contribution >= 0.6 is 0 Å². The van der Waals surface area contributed by atoms with E-state index < -0.39 is 10.0 Å². The van der Waals surface area contributed by atoms with Gasteiger partial charge in [-0.2, -0.15) is 0 Å². The Morgan fingerprint density at radius 3 is 2.76 bits per heavy atom. The molecule has 1 aliphatic carbocycles. The van der Waals surface area contributed by atoms with E-state index in [4.69, 9.17) is 9.88 Å². The Morgan fingerprint density at radius 2 is 2.19 bits per heavy atom. The quantitative estimate of drug-likeness (QED) is 0.686. The molecule has 1 saturated carbocycles. The largest absolute Gasteiger partial charge is 0.385 e. The van der Waals surface area contributed by atoms with Crippen molar-refractivity contribution in [2.75, 3.05) is 20.3 Å². The number of nitrogens with zero attached hydrogens (tertiary/aromatic N) is 1. The van der Waals surface area contributed by atoms with E-state index in [0.29, 0.717) is 18.8 Å². The number of carbonyl (C=O) groups excluding carboxylic acids is 1. The molecule has 118 valence electrons. The van der Waals surface area contributed by atoms with E-state index in [-0.39, 0.29) is 16.8 Å². The van der Waals surface area contributed by atoms with Crippen LogP contribution in [0.2, 0.25) is 0 Å². The summed E-state index contributed by atoms with van der Waals surface area (Å²) >= 11 is 0. The monoisotopic (exact) mass is 315 g/mol. The Morgan fingerprint density at radius 1 is 1.48 bits per heavy atom. The fourth-order valence-electron chi connectivity index (χ4n) is 2.11. The average molecular weight is 315 g/mol. The highest BCUT2D eigenvalue weighted by molar-refractivity contribution is 7.89. The van der Waals surface area contributed by atoms with Crippen molar-refractivity contribution in [2.45, 2.75) is 36.6 Å². The summed E-state index contributed by atoms with van der Waals surface area (Å²) in [4.78, 5) is 12.2. The van der Waals surface area contributed by atoms with Gasteiger partial charge in [0.05, 0.1) is 0 Å². The van der Waals surface area contributed by atoms with Gasteiger partial charge >= 0.3 is 0 Å². The molecule has 0 saturated heterocycles. The van der Waals surface area contributed by atoms with Gasteiger partial charge in [0.15, 0.2) is 0 Å². The number of carbonyl (C=O) groups is 1. The number of aromatic nitrogens is 1. The van der Waals surface area contributed by atoms with Crippen molar-refractivity contribution in [1.82, 2.24) is 9.88 Å². The van der Waals surface area contributed by atoms with E-state index in [0.717, 1.165) is 25.7 Å². The van der Waals surface area contributed by atoms with Gasteiger partial charge < -0.3 is 14.6 Å². The maximum Gasteiger partial charge on any atom is 0.267 e. The number of hydrogen-bond acceptors (Lipinski definition) is 4. The molecule has 1 amide bonds. The molecular weight excluding hydrogens is 294 g/mol. The SMILES string of the molecule is COCCCCNC(=O)c1cc(S(N)(=O)=O)cn1C1CC1. The van der Waals surface area contributed by atoms with Gasteiger partial charge in [-0.1, -0.05) is 0 Å². The van der Waals surface area contributed by atoms with Crippen LogP contribution in [0.4, 0.5) is 0 Å². The fraction of sp³-hybridized carbons (Fsp3) is 0.615. The number of rotatable bonds is 8. The van der Waals surface area contributed by atoms with Crippen LogP contribution in [0, 0.1) is 0 Å². The van der Waals surface area contributed by atoms with Gasteiger partial charge in [-0.15, -0.1) is 0 Å². The summed E-state index contributed by atoms with van der Waals surface area (Å²) in [6, 6.07) is 1.55. The van der Waals surface area contributed by atoms with Crippen molar-refractivity contribution in [2.24, 2.45) is 5.14 Å². The average Bonchev–Trinajstić information content (AvgIpc) is 3.15. The molecule has 1 aromatic rings. The van der Waals surface area contributed by atoms with Crippen molar-refractivity contribution in [3.05, 3.63) is 18.0 Å². The standard InChI is InChI=1S/C13H21N3O4S/c1-20-7-3-2-6-15-13(17)12-8-11(21(14,18)19)9-16(12)10-4-5-10/h8-10H,2-7H2,1H3,(H,15,17)(H2,14,18,19). The zero-order chi connectivity index (χ0) is 15.5. The summed E-state index contributed by atoms with van der Waals surface area (Å²) in [5.41, 5.74) is 0.355. The number of ether oxygens (including phenoxy) is 1. The van der Waals surface area contributed by atoms with E-state index in [1.807, 2.05) is 0 Å². The number of unbranched alkanes of at least 4 members (excludes halogenated alkanes) is 1. The Hall–Kier alpha value is -1.38. The van der Waals surface area contributed by atoms with Gasteiger partial charge in [0, 0.05) is 32.5 Å². The summed E-state index contributed by atoms with van der Waals surface area (Å²) in [7, 11) is -2.16. The Kier molecular flexibility index (Phi) is 5.02. The third-order valence-electron chi connectivity index (χ3n) is 3.39. The molecule has 0 aromatic carbocycles. The number of nitrogens with one attached hydrogen (secondary N) is 1. The van der Waals surface area contributed by atoms with E-state index in [1.165, 1.54) is 12.3 Å². The van der Waals surface area contributed by atoms with Crippen LogP contribution < -0.4 is 10.5 Å². The molecule has 0 unspecified atom stereocenters. The molecule has 1 aromatic heterocycles. The molecule has 0 radical (unpaired) electrons. The van der Waals surface area contributed by atoms with Crippen LogP contribution in [0.3, 0.4) is 0 Å². The van der Waals surface area contributed by atoms with Crippen LogP contribution in [-0.4, -0.2) is 39.2 Å². The minimum absolute atomic E-state index is 0.0149. The summed E-state index contributed by atoms with van der Waals surface area (Å²) in [5.74, 6) is -0.269. The molecule has 1 fully saturated rings. The number of nitrogens with two attached hydrogens (primary N) is 1. The first-order valence-corrected chi connectivity index (χ1v) is 8.50. The fourth-order valence-corrected chi connectivity index (χ4v) is 2.65. The molecule has 8 heteroatoms. The van der Waals surface area contributed by atoms with E-state index in [1.54, 1.807) is 11.7 Å². The summed E-state index contributed by atoms with van der Waals surface area (Å²) in [5, 5.41) is 7.92. The second kappa shape index (κ2) is 6.59. The van der Waals surface area contributed by atoms with Crippen molar-refractivity contribution >= 4 is 15.9 Å². The van der Waals surface area contributed by atoms with E-state index >= 15 is 0 Å². The third-order valence-corrected chi connectivity index (χ3v) is 4.27. The lowest BCUT2D eigenvalue weighted by molar-refractivity contribution is 0.0942. The molecular formula is C13H21N3O4S. The number of hydrogen-bond donors (Lipinski definition) is 2. The zero-order valence-electron chi connectivity index (χ0n) is 12.0. The Labute approximate surface area is 124 Å². The minimum Gasteiger partial charge on any atom is -0.385 e. The van der Waals surface area contributed by atoms with E-state index in [9.17, 15) is 13.2 Å². The van der Waals surface area contributed by atoms with Crippen LogP contribution in [0.5, 0.6) is 0 Å². The predicted molar refractivity (Wildman–Crippen MR) is 77.5 cm³/mol. The van der Waals surface area contributed by atoms with Gasteiger partial charge in [0.2, 0.25) is 10.0 Å². The highest BCUT2D eigenvalue weighted by Crippen LogP contribution is 2.37. The molecule has 1 aliphatic rings. The second-order valence-electron chi connectivity index (χ2n) is 5.20. The smallest absolute Gasteiger partial charge is 0.267 e. The van der Waals surface area contributed by atoms with Crippen LogP contribution in [0.15, 0.2) is 17.2 Å². The number of methoxy groups -OCH3 is 1. The Balaban J connectivity index is 2.04. The van der Waals surface area contributed by atoms with E-state index in [2.05, 4.69) is 5.32 Å². The van der Waals surface area contributed by atoms with Crippen LogP contribution in [-0.2, 0) is 14.8 Å². The predicted octanol–water partition coefficient (Wildman–Crippen LogP) is 0.627. The molecule has 7 nitrogen and oxygen atoms in total. The summed E-state index contributed by atoms with van der Waals surface area (Å²) in [6.45, 7) is 1.19. The van der Waals surface area contributed by atoms with Crippen molar-refractivity contribution in [1.29, 1.82) is 0 Å². The highest BCUT2D eigenvalue weighted by atomic mass is 32.2. The number of amides is 1. The van der Waals surface area contributed by atoms with Crippen LogP contribution in [0.1, 0.15) is 42.2 Å². The minimum atomic E-state index is -3.79. The maximum absolute atomic E-state index is 12.2. The summed E-state index contributed by atoms with van der Waals surface area (Å²) in [6.07, 6.45) is 5.03. The summed E-state index contributed by atoms with van der Waals surface area (Å²) < 4.78 is 29.5. The van der Waals surface area contributed by atoms with Crippen molar-refractivity contribution in [3.8, 4) is 0 Å².